The van der Waals surface area contributed by atoms with Crippen LogP contribution in [0, 0.1) is 5.82 Å². The molecule has 0 radical (unpaired) electrons. The molecule has 0 saturated heterocycles. The van der Waals surface area contributed by atoms with Gasteiger partial charge in [-0.1, -0.05) is 12.1 Å². The number of nitrogens with zero attached hydrogens (tertiary/aromatic N) is 1. The average molecular weight is 310 g/mol. The van der Waals surface area contributed by atoms with Crippen LogP contribution in [0.4, 0.5) is 4.39 Å². The molecule has 0 aromatic heterocycles. The lowest BCUT2D eigenvalue weighted by Gasteiger charge is -2.21. The van der Waals surface area contributed by atoms with Gasteiger partial charge in [-0.2, -0.15) is 0 Å². The molecule has 0 atom stereocenters. The summed E-state index contributed by atoms with van der Waals surface area (Å²) in [6, 6.07) is 5.96. The van der Waals surface area contributed by atoms with Crippen LogP contribution in [0.25, 0.3) is 0 Å². The number of carbonyl (C=O) groups is 2. The maximum atomic E-state index is 13.0. The van der Waals surface area contributed by atoms with Gasteiger partial charge in [0.25, 0.3) is 0 Å². The van der Waals surface area contributed by atoms with Crippen LogP contribution in [0.3, 0.4) is 0 Å². The summed E-state index contributed by atoms with van der Waals surface area (Å²) in [5, 5.41) is 2.74. The van der Waals surface area contributed by atoms with Gasteiger partial charge in [0.05, 0.1) is 6.42 Å². The predicted molar refractivity (Wildman–Crippen MR) is 81.9 cm³/mol. The zero-order valence-corrected chi connectivity index (χ0v) is 13.1. The monoisotopic (exact) mass is 310 g/mol. The average Bonchev–Trinajstić information content (AvgIpc) is 2.45. The highest BCUT2D eigenvalue weighted by molar-refractivity contribution is 5.78. The van der Waals surface area contributed by atoms with E-state index in [1.165, 1.54) is 19.1 Å². The number of amides is 2. The maximum absolute atomic E-state index is 13.0. The van der Waals surface area contributed by atoms with Gasteiger partial charge in [-0.25, -0.2) is 4.39 Å². The molecule has 0 aliphatic heterocycles. The first-order chi connectivity index (χ1) is 10.5. The Bertz CT molecular complexity index is 494. The maximum Gasteiger partial charge on any atom is 0.224 e. The number of halogens is 1. The van der Waals surface area contributed by atoms with E-state index in [0.29, 0.717) is 31.8 Å². The molecule has 22 heavy (non-hydrogen) atoms. The highest BCUT2D eigenvalue weighted by Crippen LogP contribution is 2.04. The lowest BCUT2D eigenvalue weighted by Crippen LogP contribution is -2.38. The smallest absolute Gasteiger partial charge is 0.224 e. The van der Waals surface area contributed by atoms with Crippen molar-refractivity contribution >= 4 is 11.8 Å². The van der Waals surface area contributed by atoms with Crippen molar-refractivity contribution in [1.29, 1.82) is 0 Å². The Hall–Kier alpha value is -1.95. The fraction of sp³-hybridized carbons (Fsp3) is 0.500. The minimum atomic E-state index is -0.355. The summed E-state index contributed by atoms with van der Waals surface area (Å²) in [5.41, 5.74) is 0.626. The van der Waals surface area contributed by atoms with Gasteiger partial charge in [-0.15, -0.1) is 0 Å². The van der Waals surface area contributed by atoms with E-state index in [0.717, 1.165) is 6.42 Å². The van der Waals surface area contributed by atoms with Crippen LogP contribution in [-0.2, 0) is 20.7 Å². The lowest BCUT2D eigenvalue weighted by atomic mass is 10.1. The number of rotatable bonds is 9. The van der Waals surface area contributed by atoms with Crippen LogP contribution < -0.4 is 5.32 Å². The van der Waals surface area contributed by atoms with Crippen molar-refractivity contribution in [2.45, 2.75) is 19.8 Å². The number of methoxy groups -OCH3 is 1. The first-order valence-corrected chi connectivity index (χ1v) is 7.28. The van der Waals surface area contributed by atoms with Gasteiger partial charge in [0, 0.05) is 40.3 Å². The first kappa shape index (κ1) is 18.1. The van der Waals surface area contributed by atoms with Gasteiger partial charge < -0.3 is 15.0 Å². The highest BCUT2D eigenvalue weighted by Gasteiger charge is 2.09. The third-order valence-corrected chi connectivity index (χ3v) is 3.18. The Morgan fingerprint density at radius 3 is 2.73 bits per heavy atom. The molecule has 2 amide bonds. The van der Waals surface area contributed by atoms with Crippen LogP contribution in [0.2, 0.25) is 0 Å². The molecular weight excluding hydrogens is 287 g/mol. The summed E-state index contributed by atoms with van der Waals surface area (Å²) < 4.78 is 18.0. The van der Waals surface area contributed by atoms with Gasteiger partial charge in [-0.05, 0) is 24.1 Å². The van der Waals surface area contributed by atoms with Gasteiger partial charge in [0.15, 0.2) is 0 Å². The van der Waals surface area contributed by atoms with Crippen molar-refractivity contribution in [3.8, 4) is 0 Å². The summed E-state index contributed by atoms with van der Waals surface area (Å²) in [4.78, 5) is 24.9. The fourth-order valence-electron chi connectivity index (χ4n) is 2.05. The van der Waals surface area contributed by atoms with E-state index < -0.39 is 0 Å². The molecule has 5 nitrogen and oxygen atoms in total. The molecule has 6 heteroatoms. The van der Waals surface area contributed by atoms with Crippen LogP contribution in [0.1, 0.15) is 18.9 Å². The summed E-state index contributed by atoms with van der Waals surface area (Å²) >= 11 is 0. The standard InChI is InChI=1S/C16H23FN2O3/c1-13(20)19(8-4-10-22-2)9-7-18-16(21)12-14-5-3-6-15(17)11-14/h3,5-6,11H,4,7-10,12H2,1-2H3,(H,18,21). The summed E-state index contributed by atoms with van der Waals surface area (Å²) in [6.45, 7) is 3.52. The SMILES string of the molecule is COCCCN(CCNC(=O)Cc1cccc(F)c1)C(C)=O. The summed E-state index contributed by atoms with van der Waals surface area (Å²) in [5.74, 6) is -0.576. The van der Waals surface area contributed by atoms with E-state index in [2.05, 4.69) is 5.32 Å². The molecule has 0 bridgehead atoms. The fourth-order valence-corrected chi connectivity index (χ4v) is 2.05. The number of carbonyl (C=O) groups excluding carboxylic acids is 2. The van der Waals surface area contributed by atoms with E-state index in [1.807, 2.05) is 0 Å². The normalized spacial score (nSPS) is 10.3. The third kappa shape index (κ3) is 7.17. The molecule has 0 aliphatic carbocycles. The first-order valence-electron chi connectivity index (χ1n) is 7.28. The Morgan fingerprint density at radius 2 is 2.09 bits per heavy atom. The highest BCUT2D eigenvalue weighted by atomic mass is 19.1. The summed E-state index contributed by atoms with van der Waals surface area (Å²) in [7, 11) is 1.62. The topological polar surface area (TPSA) is 58.6 Å². The van der Waals surface area contributed by atoms with Gasteiger partial charge in [-0.3, -0.25) is 9.59 Å². The van der Waals surface area contributed by atoms with Gasteiger partial charge in [0.1, 0.15) is 5.82 Å². The van der Waals surface area contributed by atoms with Crippen LogP contribution in [-0.4, -0.2) is 50.1 Å². The number of nitrogens with one attached hydrogen (secondary N) is 1. The van der Waals surface area contributed by atoms with Crippen LogP contribution in [0.5, 0.6) is 0 Å². The van der Waals surface area contributed by atoms with E-state index in [1.54, 1.807) is 24.1 Å². The molecule has 0 saturated carbocycles. The predicted octanol–water partition coefficient (Wildman–Crippen LogP) is 1.37. The zero-order chi connectivity index (χ0) is 16.4. The molecule has 1 N–H and O–H groups in total. The number of benzene rings is 1. The molecule has 0 aliphatic rings. The quantitative estimate of drug-likeness (QED) is 0.701. The van der Waals surface area contributed by atoms with Crippen molar-refractivity contribution in [3.63, 3.8) is 0 Å². The molecule has 122 valence electrons. The molecule has 1 aromatic carbocycles. The number of hydrogen-bond acceptors (Lipinski definition) is 3. The molecule has 1 rings (SSSR count). The minimum absolute atomic E-state index is 0.0320. The zero-order valence-electron chi connectivity index (χ0n) is 13.1. The Morgan fingerprint density at radius 1 is 1.32 bits per heavy atom. The van der Waals surface area contributed by atoms with Crippen molar-refractivity contribution in [3.05, 3.63) is 35.6 Å². The number of hydrogen-bond donors (Lipinski definition) is 1. The van der Waals surface area contributed by atoms with Crippen molar-refractivity contribution in [2.24, 2.45) is 0 Å². The molecular formula is C16H23FN2O3. The second kappa shape index (κ2) is 9.89. The van der Waals surface area contributed by atoms with Crippen molar-refractivity contribution in [2.75, 3.05) is 33.4 Å². The molecule has 0 spiro atoms. The molecule has 0 heterocycles. The largest absolute Gasteiger partial charge is 0.385 e. The molecule has 0 unspecified atom stereocenters. The Labute approximate surface area is 130 Å². The lowest BCUT2D eigenvalue weighted by molar-refractivity contribution is -0.129. The van der Waals surface area contributed by atoms with Crippen molar-refractivity contribution in [1.82, 2.24) is 10.2 Å². The van der Waals surface area contributed by atoms with E-state index in [9.17, 15) is 14.0 Å². The summed E-state index contributed by atoms with van der Waals surface area (Å²) in [6.07, 6.45) is 0.884. The number of ether oxygens (including phenoxy) is 1. The van der Waals surface area contributed by atoms with Gasteiger partial charge >= 0.3 is 0 Å². The minimum Gasteiger partial charge on any atom is -0.385 e. The molecule has 0 fully saturated rings. The van der Waals surface area contributed by atoms with Gasteiger partial charge in [0.2, 0.25) is 11.8 Å². The van der Waals surface area contributed by atoms with Crippen LogP contribution >= 0.6 is 0 Å². The van der Waals surface area contributed by atoms with E-state index in [4.69, 9.17) is 4.74 Å². The van der Waals surface area contributed by atoms with E-state index in [-0.39, 0.29) is 24.1 Å². The van der Waals surface area contributed by atoms with Crippen LogP contribution in [0.15, 0.2) is 24.3 Å². The molecule has 1 aromatic rings. The second-order valence-corrected chi connectivity index (χ2v) is 5.01. The Kier molecular flexibility index (Phi) is 8.14. The van der Waals surface area contributed by atoms with E-state index >= 15 is 0 Å². The van der Waals surface area contributed by atoms with Crippen molar-refractivity contribution < 1.29 is 18.7 Å². The Balaban J connectivity index is 2.31. The third-order valence-electron chi connectivity index (χ3n) is 3.18. The second-order valence-electron chi connectivity index (χ2n) is 5.01.